The van der Waals surface area contributed by atoms with E-state index in [2.05, 4.69) is 22.9 Å². The van der Waals surface area contributed by atoms with E-state index in [-0.39, 0.29) is 11.8 Å². The highest BCUT2D eigenvalue weighted by molar-refractivity contribution is 5.78. The molecule has 0 aromatic heterocycles. The zero-order valence-electron chi connectivity index (χ0n) is 16.8. The van der Waals surface area contributed by atoms with Crippen LogP contribution in [0.5, 0.6) is 0 Å². The van der Waals surface area contributed by atoms with Gasteiger partial charge in [0.25, 0.3) is 0 Å². The first kappa shape index (κ1) is 24.6. The maximum Gasteiger partial charge on any atom is 0.233 e. The summed E-state index contributed by atoms with van der Waals surface area (Å²) in [6, 6.07) is 0. The Hall–Kier alpha value is -1.43. The first-order chi connectivity index (χ1) is 12.6. The van der Waals surface area contributed by atoms with Crippen molar-refractivity contribution in [1.29, 1.82) is 0 Å². The molecule has 0 spiro atoms. The molecule has 0 aromatic rings. The molecule has 0 heterocycles. The number of amides is 2. The number of rotatable bonds is 18. The Labute approximate surface area is 159 Å². The molecule has 0 saturated carbocycles. The number of hydrogen-bond acceptors (Lipinski definition) is 4. The number of nitrogens with one attached hydrogen (secondary N) is 3. The maximum atomic E-state index is 11.7. The quantitative estimate of drug-likeness (QED) is 0.324. The van der Waals surface area contributed by atoms with Crippen molar-refractivity contribution in [3.8, 4) is 0 Å². The highest BCUT2D eigenvalue weighted by atomic mass is 16.2. The predicted molar refractivity (Wildman–Crippen MR) is 106 cm³/mol. The Bertz CT molecular complexity index is 386. The van der Waals surface area contributed by atoms with Crippen LogP contribution in [0.25, 0.3) is 0 Å². The number of ketones is 1. The van der Waals surface area contributed by atoms with E-state index < -0.39 is 0 Å². The normalized spacial score (nSPS) is 10.5. The Morgan fingerprint density at radius 1 is 0.615 bits per heavy atom. The molecule has 26 heavy (non-hydrogen) atoms. The lowest BCUT2D eigenvalue weighted by Gasteiger charge is -2.07. The summed E-state index contributed by atoms with van der Waals surface area (Å²) in [5.74, 6) is 0.474. The van der Waals surface area contributed by atoms with E-state index in [0.717, 1.165) is 57.9 Å². The highest BCUT2D eigenvalue weighted by Gasteiger charge is 2.03. The van der Waals surface area contributed by atoms with Crippen molar-refractivity contribution in [2.45, 2.75) is 84.5 Å². The van der Waals surface area contributed by atoms with Crippen molar-refractivity contribution in [1.82, 2.24) is 16.0 Å². The van der Waals surface area contributed by atoms with Gasteiger partial charge in [-0.25, -0.2) is 0 Å². The van der Waals surface area contributed by atoms with Crippen LogP contribution in [-0.2, 0) is 14.4 Å². The van der Waals surface area contributed by atoms with Crippen LogP contribution in [0.4, 0.5) is 0 Å². The second-order valence-corrected chi connectivity index (χ2v) is 6.79. The summed E-state index contributed by atoms with van der Waals surface area (Å²) in [4.78, 5) is 34.5. The number of unbranched alkanes of at least 4 members (excludes halogenated alkanes) is 4. The number of Topliss-reactive ketones (excluding diaryl/α,β-unsaturated/α-hetero) is 1. The molecule has 3 N–H and O–H groups in total. The first-order valence-electron chi connectivity index (χ1n) is 10.4. The van der Waals surface area contributed by atoms with Crippen LogP contribution in [0.15, 0.2) is 0 Å². The fourth-order valence-corrected chi connectivity index (χ4v) is 2.60. The standard InChI is InChI=1S/C20H39N3O3/c1-3-11-18(24)12-8-10-16-22-19(25)13-7-5-6-9-15-23-20(26)17-21-14-4-2/h21H,3-17H2,1-2H3,(H,22,25)(H,23,26). The molecule has 6 heteroatoms. The van der Waals surface area contributed by atoms with Crippen molar-refractivity contribution in [2.24, 2.45) is 0 Å². The SMILES string of the molecule is CCCNCC(=O)NCCCCCCC(=O)NCCCCC(=O)CCC. The topological polar surface area (TPSA) is 87.3 Å². The Morgan fingerprint density at radius 3 is 1.92 bits per heavy atom. The first-order valence-corrected chi connectivity index (χ1v) is 10.4. The average molecular weight is 370 g/mol. The molecule has 0 atom stereocenters. The lowest BCUT2D eigenvalue weighted by molar-refractivity contribution is -0.121. The minimum Gasteiger partial charge on any atom is -0.356 e. The van der Waals surface area contributed by atoms with E-state index in [1.807, 2.05) is 6.92 Å². The minimum atomic E-state index is 0.0502. The van der Waals surface area contributed by atoms with Crippen LogP contribution in [0.1, 0.15) is 84.5 Å². The molecule has 0 aliphatic rings. The van der Waals surface area contributed by atoms with Gasteiger partial charge >= 0.3 is 0 Å². The maximum absolute atomic E-state index is 11.7. The third-order valence-electron chi connectivity index (χ3n) is 4.10. The molecule has 0 aliphatic heterocycles. The van der Waals surface area contributed by atoms with E-state index in [4.69, 9.17) is 0 Å². The van der Waals surface area contributed by atoms with Crippen molar-refractivity contribution in [2.75, 3.05) is 26.2 Å². The summed E-state index contributed by atoms with van der Waals surface area (Å²) >= 11 is 0. The monoisotopic (exact) mass is 369 g/mol. The number of hydrogen-bond donors (Lipinski definition) is 3. The van der Waals surface area contributed by atoms with Gasteiger partial charge < -0.3 is 16.0 Å². The summed E-state index contributed by atoms with van der Waals surface area (Å²) in [7, 11) is 0. The number of carbonyl (C=O) groups excluding carboxylic acids is 3. The zero-order valence-corrected chi connectivity index (χ0v) is 16.8. The van der Waals surface area contributed by atoms with Crippen molar-refractivity contribution in [3.05, 3.63) is 0 Å². The summed E-state index contributed by atoms with van der Waals surface area (Å²) < 4.78 is 0. The van der Waals surface area contributed by atoms with Crippen LogP contribution in [0.2, 0.25) is 0 Å². The molecule has 152 valence electrons. The fourth-order valence-electron chi connectivity index (χ4n) is 2.60. The van der Waals surface area contributed by atoms with Gasteiger partial charge in [0.2, 0.25) is 11.8 Å². The predicted octanol–water partition coefficient (Wildman–Crippen LogP) is 2.71. The van der Waals surface area contributed by atoms with E-state index in [1.165, 1.54) is 0 Å². The second-order valence-electron chi connectivity index (χ2n) is 6.79. The van der Waals surface area contributed by atoms with E-state index in [9.17, 15) is 14.4 Å². The summed E-state index contributed by atoms with van der Waals surface area (Å²) in [5, 5.41) is 8.88. The minimum absolute atomic E-state index is 0.0502. The molecule has 0 aromatic carbocycles. The summed E-state index contributed by atoms with van der Waals surface area (Å²) in [6.07, 6.45) is 9.39. The second kappa shape index (κ2) is 18.4. The third kappa shape index (κ3) is 17.4. The van der Waals surface area contributed by atoms with Crippen LogP contribution < -0.4 is 16.0 Å². The van der Waals surface area contributed by atoms with Crippen LogP contribution in [-0.4, -0.2) is 43.8 Å². The van der Waals surface area contributed by atoms with Gasteiger partial charge in [-0.1, -0.05) is 26.7 Å². The molecule has 0 aliphatic carbocycles. The molecule has 0 unspecified atom stereocenters. The largest absolute Gasteiger partial charge is 0.356 e. The van der Waals surface area contributed by atoms with Gasteiger partial charge in [0.05, 0.1) is 6.54 Å². The van der Waals surface area contributed by atoms with Gasteiger partial charge in [-0.2, -0.15) is 0 Å². The lowest BCUT2D eigenvalue weighted by Crippen LogP contribution is -2.34. The van der Waals surface area contributed by atoms with Crippen LogP contribution >= 0.6 is 0 Å². The molecule has 0 fully saturated rings. The zero-order chi connectivity index (χ0) is 19.5. The molecule has 0 rings (SSSR count). The Morgan fingerprint density at radius 2 is 1.23 bits per heavy atom. The average Bonchev–Trinajstić information content (AvgIpc) is 2.61. The van der Waals surface area contributed by atoms with Gasteiger partial charge in [-0.15, -0.1) is 0 Å². The van der Waals surface area contributed by atoms with Crippen LogP contribution in [0.3, 0.4) is 0 Å². The molecule has 6 nitrogen and oxygen atoms in total. The van der Waals surface area contributed by atoms with Gasteiger partial charge in [-0.3, -0.25) is 14.4 Å². The van der Waals surface area contributed by atoms with Crippen LogP contribution in [0, 0.1) is 0 Å². The third-order valence-corrected chi connectivity index (χ3v) is 4.10. The summed E-state index contributed by atoms with van der Waals surface area (Å²) in [6.45, 7) is 6.71. The molecular weight excluding hydrogens is 330 g/mol. The smallest absolute Gasteiger partial charge is 0.233 e. The van der Waals surface area contributed by atoms with E-state index >= 15 is 0 Å². The molecule has 0 saturated heterocycles. The molecule has 0 bridgehead atoms. The highest BCUT2D eigenvalue weighted by Crippen LogP contribution is 2.03. The Kier molecular flexibility index (Phi) is 17.4. The van der Waals surface area contributed by atoms with E-state index in [1.54, 1.807) is 0 Å². The van der Waals surface area contributed by atoms with Gasteiger partial charge in [-0.05, 0) is 45.1 Å². The van der Waals surface area contributed by atoms with Gasteiger partial charge in [0.1, 0.15) is 5.78 Å². The molecule has 2 amide bonds. The van der Waals surface area contributed by atoms with Crippen molar-refractivity contribution in [3.63, 3.8) is 0 Å². The Balaban J connectivity index is 3.33. The van der Waals surface area contributed by atoms with Crippen molar-refractivity contribution < 1.29 is 14.4 Å². The molecular formula is C20H39N3O3. The summed E-state index contributed by atoms with van der Waals surface area (Å²) in [5.41, 5.74) is 0. The fraction of sp³-hybridized carbons (Fsp3) is 0.850. The van der Waals surface area contributed by atoms with Crippen molar-refractivity contribution >= 4 is 17.6 Å². The lowest BCUT2D eigenvalue weighted by atomic mass is 10.1. The van der Waals surface area contributed by atoms with Gasteiger partial charge in [0, 0.05) is 32.4 Å². The van der Waals surface area contributed by atoms with E-state index in [0.29, 0.717) is 44.7 Å². The number of carbonyl (C=O) groups is 3. The molecule has 0 radical (unpaired) electrons. The van der Waals surface area contributed by atoms with Gasteiger partial charge in [0.15, 0.2) is 0 Å².